The average Bonchev–Trinajstić information content (AvgIpc) is 2.66. The van der Waals surface area contributed by atoms with E-state index in [2.05, 4.69) is 26.0 Å². The number of urea groups is 1. The molecule has 2 atom stereocenters. The van der Waals surface area contributed by atoms with Gasteiger partial charge in [-0.3, -0.25) is 9.59 Å². The molecule has 0 aliphatic heterocycles. The number of carboxylic acid groups (broad SMARTS) is 2. The zero-order valence-corrected chi connectivity index (χ0v) is 16.6. The average molecular weight is 420 g/mol. The minimum Gasteiger partial charge on any atom is -0.481 e. The van der Waals surface area contributed by atoms with E-state index in [0.29, 0.717) is 32.8 Å². The number of hydrogen-bond acceptors (Lipinski definition) is 8. The lowest BCUT2D eigenvalue weighted by Gasteiger charge is -2.19. The van der Waals surface area contributed by atoms with Crippen LogP contribution in [-0.2, 0) is 23.9 Å². The summed E-state index contributed by atoms with van der Waals surface area (Å²) in [5.74, 6) is -2.31. The highest BCUT2D eigenvalue weighted by Gasteiger charge is 2.21. The van der Waals surface area contributed by atoms with Crippen molar-refractivity contribution < 1.29 is 38.9 Å². The van der Waals surface area contributed by atoms with E-state index in [9.17, 15) is 24.3 Å². The van der Waals surface area contributed by atoms with Gasteiger partial charge in [-0.1, -0.05) is 0 Å². The second-order valence-corrected chi connectivity index (χ2v) is 6.03. The number of carbonyl (C=O) groups excluding carboxylic acids is 2. The molecule has 6 N–H and O–H groups in total. The fourth-order valence-electron chi connectivity index (χ4n) is 2.25. The number of ether oxygens (including phenoxy) is 2. The van der Waals surface area contributed by atoms with Crippen molar-refractivity contribution in [3.63, 3.8) is 0 Å². The molecule has 0 spiro atoms. The molecule has 0 fully saturated rings. The minimum absolute atomic E-state index is 0.0835. The van der Waals surface area contributed by atoms with E-state index >= 15 is 0 Å². The minimum atomic E-state index is -1.19. The SMILES string of the molecule is CCOCCNCNCCCC[C@H](NC(=O)N[C@@H](CCC(=O)O)OC=O)C(=O)O. The fraction of sp³-hybridized carbons (Fsp3) is 0.765. The fourth-order valence-corrected chi connectivity index (χ4v) is 2.25. The number of nitrogens with one attached hydrogen (secondary N) is 4. The molecule has 0 aliphatic rings. The van der Waals surface area contributed by atoms with Gasteiger partial charge >= 0.3 is 18.0 Å². The van der Waals surface area contributed by atoms with Crippen LogP contribution in [0.3, 0.4) is 0 Å². The highest BCUT2D eigenvalue weighted by molar-refractivity contribution is 5.82. The van der Waals surface area contributed by atoms with Gasteiger partial charge in [-0.2, -0.15) is 0 Å². The molecule has 0 saturated heterocycles. The number of unbranched alkanes of at least 4 members (excludes halogenated alkanes) is 1. The van der Waals surface area contributed by atoms with Gasteiger partial charge in [0.25, 0.3) is 6.47 Å². The second kappa shape index (κ2) is 17.6. The van der Waals surface area contributed by atoms with Gasteiger partial charge in [0, 0.05) is 26.2 Å². The van der Waals surface area contributed by atoms with Gasteiger partial charge in [-0.05, 0) is 32.7 Å². The topological polar surface area (TPSA) is 175 Å². The summed E-state index contributed by atoms with van der Waals surface area (Å²) in [6.07, 6.45) is -0.113. The van der Waals surface area contributed by atoms with E-state index < -0.39 is 30.2 Å². The van der Waals surface area contributed by atoms with Crippen LogP contribution >= 0.6 is 0 Å². The van der Waals surface area contributed by atoms with Crippen LogP contribution < -0.4 is 21.3 Å². The molecule has 0 heterocycles. The van der Waals surface area contributed by atoms with Crippen molar-refractivity contribution in [3.05, 3.63) is 0 Å². The molecule has 0 aromatic rings. The molecule has 29 heavy (non-hydrogen) atoms. The maximum atomic E-state index is 11.9. The smallest absolute Gasteiger partial charge is 0.326 e. The van der Waals surface area contributed by atoms with Crippen LogP contribution in [-0.4, -0.2) is 79.9 Å². The Bertz CT molecular complexity index is 492. The third-order valence-corrected chi connectivity index (χ3v) is 3.71. The van der Waals surface area contributed by atoms with E-state index in [0.717, 1.165) is 13.0 Å². The summed E-state index contributed by atoms with van der Waals surface area (Å²) in [6, 6.07) is -1.97. The molecule has 0 bridgehead atoms. The van der Waals surface area contributed by atoms with Gasteiger partial charge in [0.1, 0.15) is 6.04 Å². The summed E-state index contributed by atoms with van der Waals surface area (Å²) < 4.78 is 9.77. The molecular weight excluding hydrogens is 388 g/mol. The molecule has 12 heteroatoms. The molecule has 0 aromatic carbocycles. The van der Waals surface area contributed by atoms with Gasteiger partial charge in [-0.25, -0.2) is 9.59 Å². The van der Waals surface area contributed by atoms with Crippen LogP contribution in [0.1, 0.15) is 39.0 Å². The Balaban J connectivity index is 4.08. The molecule has 0 saturated carbocycles. The Hall–Kier alpha value is -2.44. The highest BCUT2D eigenvalue weighted by atomic mass is 16.5. The number of amides is 2. The third kappa shape index (κ3) is 16.2. The molecule has 0 unspecified atom stereocenters. The lowest BCUT2D eigenvalue weighted by molar-refractivity contribution is -0.141. The Morgan fingerprint density at radius 3 is 2.38 bits per heavy atom. The van der Waals surface area contributed by atoms with E-state index in [1.807, 2.05) is 6.92 Å². The Labute approximate surface area is 169 Å². The summed E-state index contributed by atoms with van der Waals surface area (Å²) in [6.45, 7) is 5.37. The first-order valence-corrected chi connectivity index (χ1v) is 9.50. The largest absolute Gasteiger partial charge is 0.481 e. The van der Waals surface area contributed by atoms with Crippen molar-refractivity contribution in [2.45, 2.75) is 51.3 Å². The van der Waals surface area contributed by atoms with Crippen molar-refractivity contribution in [1.29, 1.82) is 0 Å². The van der Waals surface area contributed by atoms with Crippen LogP contribution in [0.4, 0.5) is 4.79 Å². The zero-order chi connectivity index (χ0) is 21.9. The summed E-state index contributed by atoms with van der Waals surface area (Å²) in [4.78, 5) is 44.2. The first kappa shape index (κ1) is 26.6. The van der Waals surface area contributed by atoms with E-state index in [1.165, 1.54) is 0 Å². The number of rotatable bonds is 19. The standard InChI is InChI=1S/C17H32N4O8/c1-2-28-10-9-19-11-18-8-4-3-5-13(16(25)26)20-17(27)21-14(29-12-22)6-7-15(23)24/h12-14,18-19H,2-11H2,1H3,(H,23,24)(H,25,26)(H2,20,21,27)/t13-,14+/m0/s1. The number of carbonyl (C=O) groups is 4. The van der Waals surface area contributed by atoms with Gasteiger partial charge < -0.3 is 41.0 Å². The van der Waals surface area contributed by atoms with Crippen LogP contribution in [0, 0.1) is 0 Å². The van der Waals surface area contributed by atoms with Crippen molar-refractivity contribution >= 4 is 24.4 Å². The van der Waals surface area contributed by atoms with E-state index in [4.69, 9.17) is 9.84 Å². The molecule has 168 valence electrons. The lowest BCUT2D eigenvalue weighted by atomic mass is 10.1. The Morgan fingerprint density at radius 2 is 1.76 bits per heavy atom. The van der Waals surface area contributed by atoms with Gasteiger partial charge in [0.2, 0.25) is 0 Å². The van der Waals surface area contributed by atoms with Gasteiger partial charge in [-0.15, -0.1) is 0 Å². The van der Waals surface area contributed by atoms with Gasteiger partial charge in [0.15, 0.2) is 6.23 Å². The Kier molecular flexibility index (Phi) is 16.2. The van der Waals surface area contributed by atoms with Crippen molar-refractivity contribution in [3.8, 4) is 0 Å². The Morgan fingerprint density at radius 1 is 1.03 bits per heavy atom. The van der Waals surface area contributed by atoms with Crippen molar-refractivity contribution in [2.75, 3.05) is 33.0 Å². The first-order valence-electron chi connectivity index (χ1n) is 9.50. The molecule has 12 nitrogen and oxygen atoms in total. The summed E-state index contributed by atoms with van der Waals surface area (Å²) in [7, 11) is 0. The van der Waals surface area contributed by atoms with E-state index in [1.54, 1.807) is 0 Å². The second-order valence-electron chi connectivity index (χ2n) is 6.03. The molecule has 2 amide bonds. The number of hydrogen-bond donors (Lipinski definition) is 6. The molecular formula is C17H32N4O8. The van der Waals surface area contributed by atoms with Crippen LogP contribution in [0.5, 0.6) is 0 Å². The predicted molar refractivity (Wildman–Crippen MR) is 102 cm³/mol. The molecule has 0 aliphatic carbocycles. The molecule has 0 rings (SSSR count). The van der Waals surface area contributed by atoms with Crippen LogP contribution in [0.2, 0.25) is 0 Å². The highest BCUT2D eigenvalue weighted by Crippen LogP contribution is 2.02. The van der Waals surface area contributed by atoms with E-state index in [-0.39, 0.29) is 25.7 Å². The number of aliphatic carboxylic acids is 2. The third-order valence-electron chi connectivity index (χ3n) is 3.71. The summed E-state index contributed by atoms with van der Waals surface area (Å²) in [5.41, 5.74) is 0. The van der Waals surface area contributed by atoms with Crippen molar-refractivity contribution in [2.24, 2.45) is 0 Å². The predicted octanol–water partition coefficient (Wildman–Crippen LogP) is -0.554. The van der Waals surface area contributed by atoms with Crippen molar-refractivity contribution in [1.82, 2.24) is 21.3 Å². The monoisotopic (exact) mass is 420 g/mol. The first-order chi connectivity index (χ1) is 13.9. The zero-order valence-electron chi connectivity index (χ0n) is 16.6. The molecule has 0 radical (unpaired) electrons. The van der Waals surface area contributed by atoms with Crippen LogP contribution in [0.25, 0.3) is 0 Å². The number of carboxylic acids is 2. The van der Waals surface area contributed by atoms with Crippen LogP contribution in [0.15, 0.2) is 0 Å². The quantitative estimate of drug-likeness (QED) is 0.0903. The normalized spacial score (nSPS) is 12.6. The lowest BCUT2D eigenvalue weighted by Crippen LogP contribution is -2.49. The van der Waals surface area contributed by atoms with Gasteiger partial charge in [0.05, 0.1) is 13.0 Å². The summed E-state index contributed by atoms with van der Waals surface area (Å²) >= 11 is 0. The maximum Gasteiger partial charge on any atom is 0.326 e. The molecule has 0 aromatic heterocycles. The maximum absolute atomic E-state index is 11.9. The summed E-state index contributed by atoms with van der Waals surface area (Å²) in [5, 5.41) is 28.7.